The van der Waals surface area contributed by atoms with Gasteiger partial charge in [0.15, 0.2) is 0 Å². The van der Waals surface area contributed by atoms with Crippen molar-refractivity contribution in [1.82, 2.24) is 4.57 Å². The van der Waals surface area contributed by atoms with Crippen molar-refractivity contribution in [1.29, 1.82) is 0 Å². The number of aromatic nitrogens is 1. The Balaban J connectivity index is 1.10. The maximum absolute atomic E-state index is 2.55. The van der Waals surface area contributed by atoms with Crippen LogP contribution in [0, 0.1) is 0 Å². The zero-order valence-corrected chi connectivity index (χ0v) is 46.5. The Morgan fingerprint density at radius 2 is 0.724 bits per heavy atom. The lowest BCUT2D eigenvalue weighted by Crippen LogP contribution is -2.13. The molecule has 0 saturated heterocycles. The predicted molar refractivity (Wildman–Crippen MR) is 330 cm³/mol. The molecule has 0 amide bonds. The first-order chi connectivity index (χ1) is 36.2. The van der Waals surface area contributed by atoms with Crippen LogP contribution in [-0.4, -0.2) is 4.57 Å². The molecule has 2 heteroatoms. The van der Waals surface area contributed by atoms with Crippen LogP contribution >= 0.6 is 0 Å². The summed E-state index contributed by atoms with van der Waals surface area (Å²) in [6.45, 7) is 27.6. The molecule has 0 N–H and O–H groups in total. The fraction of sp³-hybridized carbons (Fsp3) is 0.216. The molecule has 0 fully saturated rings. The second-order valence-electron chi connectivity index (χ2n) is 25.5. The van der Waals surface area contributed by atoms with E-state index in [9.17, 15) is 0 Å². The molecule has 0 unspecified atom stereocenters. The van der Waals surface area contributed by atoms with E-state index in [-0.39, 0.29) is 21.7 Å². The highest BCUT2D eigenvalue weighted by Gasteiger charge is 2.27. The molecule has 0 saturated carbocycles. The second-order valence-corrected chi connectivity index (χ2v) is 25.5. The normalized spacial score (nSPS) is 12.7. The molecule has 76 heavy (non-hydrogen) atoms. The van der Waals surface area contributed by atoms with Gasteiger partial charge in [0.25, 0.3) is 0 Å². The molecular formula is C74H70N2. The van der Waals surface area contributed by atoms with Crippen molar-refractivity contribution >= 4 is 71.2 Å². The van der Waals surface area contributed by atoms with E-state index in [2.05, 4.69) is 299 Å². The van der Waals surface area contributed by atoms with E-state index in [1.165, 1.54) is 110 Å². The third-order valence-corrected chi connectivity index (χ3v) is 16.2. The van der Waals surface area contributed by atoms with Gasteiger partial charge < -0.3 is 9.47 Å². The maximum atomic E-state index is 2.55. The second kappa shape index (κ2) is 17.8. The SMILES string of the molecule is CC(C)(C)c1ccc(-c2cccc(-c3ccccc3N(c3ccccc3-c3ccc(C(C)(C)C)cc3)c3ccc4ccc5c(-n6c7ccc(C(C)(C)C)cc7c7cc(C(C)(C)C)ccc76)ccc6ccc3c4c65)c2)cc1. The van der Waals surface area contributed by atoms with Crippen molar-refractivity contribution in [2.75, 3.05) is 4.90 Å². The van der Waals surface area contributed by atoms with Crippen molar-refractivity contribution in [3.8, 4) is 39.1 Å². The minimum Gasteiger partial charge on any atom is -0.309 e. The van der Waals surface area contributed by atoms with E-state index in [0.717, 1.165) is 22.6 Å². The number of hydrogen-bond donors (Lipinski definition) is 0. The molecule has 12 rings (SSSR count). The van der Waals surface area contributed by atoms with Crippen LogP contribution in [0.4, 0.5) is 17.1 Å². The summed E-state index contributed by atoms with van der Waals surface area (Å²) in [7, 11) is 0. The molecule has 0 atom stereocenters. The average Bonchev–Trinajstić information content (AvgIpc) is 3.88. The van der Waals surface area contributed by atoms with Gasteiger partial charge in [-0.2, -0.15) is 0 Å². The summed E-state index contributed by atoms with van der Waals surface area (Å²) in [6, 6.07) is 78.6. The van der Waals surface area contributed by atoms with Gasteiger partial charge in [-0.25, -0.2) is 0 Å². The van der Waals surface area contributed by atoms with E-state index in [1.807, 2.05) is 0 Å². The molecule has 0 aliphatic heterocycles. The van der Waals surface area contributed by atoms with Gasteiger partial charge >= 0.3 is 0 Å². The standard InChI is InChI=1S/C74H70N2/c1-71(2,3)53-32-24-47(25-33-53)51-18-17-19-52(44-51)58-21-14-16-23-64(58)75(63-22-15-13-20-57(63)48-26-34-54(35-27-48)72(4,5)6)65-40-30-49-29-39-60-66(41-31-50-28-38-59(65)69(49)70(50)60)76-67-42-36-55(73(7,8)9)45-61(67)62-46-56(74(10,11)12)37-43-68(62)76/h13-46H,1-12H3. The summed E-state index contributed by atoms with van der Waals surface area (Å²) >= 11 is 0. The summed E-state index contributed by atoms with van der Waals surface area (Å²) in [5.74, 6) is 0. The van der Waals surface area contributed by atoms with Crippen LogP contribution in [0.15, 0.2) is 206 Å². The minimum atomic E-state index is 0.0176. The third-order valence-electron chi connectivity index (χ3n) is 16.2. The Bertz CT molecular complexity index is 4100. The Morgan fingerprint density at radius 1 is 0.289 bits per heavy atom. The minimum absolute atomic E-state index is 0.0176. The van der Waals surface area contributed by atoms with Gasteiger partial charge in [0.1, 0.15) is 0 Å². The highest BCUT2D eigenvalue weighted by Crippen LogP contribution is 2.50. The molecule has 0 radical (unpaired) electrons. The van der Waals surface area contributed by atoms with Gasteiger partial charge in [0.2, 0.25) is 0 Å². The Labute approximate surface area is 450 Å². The lowest BCUT2D eigenvalue weighted by molar-refractivity contribution is 0.590. The Morgan fingerprint density at radius 3 is 1.26 bits per heavy atom. The fourth-order valence-corrected chi connectivity index (χ4v) is 11.8. The molecule has 1 heterocycles. The third kappa shape index (κ3) is 8.44. The van der Waals surface area contributed by atoms with Gasteiger partial charge in [-0.1, -0.05) is 235 Å². The van der Waals surface area contributed by atoms with E-state index in [0.29, 0.717) is 0 Å². The van der Waals surface area contributed by atoms with E-state index in [4.69, 9.17) is 0 Å². The van der Waals surface area contributed by atoms with Crippen LogP contribution in [0.3, 0.4) is 0 Å². The van der Waals surface area contributed by atoms with E-state index < -0.39 is 0 Å². The van der Waals surface area contributed by atoms with E-state index in [1.54, 1.807) is 0 Å². The largest absolute Gasteiger partial charge is 0.309 e. The monoisotopic (exact) mass is 987 g/mol. The molecule has 0 bridgehead atoms. The predicted octanol–water partition coefficient (Wildman–Crippen LogP) is 21.3. The van der Waals surface area contributed by atoms with Crippen LogP contribution in [0.1, 0.15) is 105 Å². The van der Waals surface area contributed by atoms with Crippen LogP contribution in [0.2, 0.25) is 0 Å². The highest BCUT2D eigenvalue weighted by atomic mass is 15.1. The highest BCUT2D eigenvalue weighted by molar-refractivity contribution is 6.28. The van der Waals surface area contributed by atoms with Gasteiger partial charge in [-0.3, -0.25) is 0 Å². The maximum Gasteiger partial charge on any atom is 0.0541 e. The molecular weight excluding hydrogens is 917 g/mol. The fourth-order valence-electron chi connectivity index (χ4n) is 11.8. The zero-order valence-electron chi connectivity index (χ0n) is 46.5. The summed E-state index contributed by atoms with van der Waals surface area (Å²) < 4.78 is 2.53. The lowest BCUT2D eigenvalue weighted by Gasteiger charge is -2.31. The molecule has 376 valence electrons. The van der Waals surface area contributed by atoms with Crippen LogP contribution < -0.4 is 4.90 Å². The zero-order chi connectivity index (χ0) is 53.1. The number of hydrogen-bond acceptors (Lipinski definition) is 1. The van der Waals surface area contributed by atoms with Crippen LogP contribution in [-0.2, 0) is 21.7 Å². The lowest BCUT2D eigenvalue weighted by atomic mass is 9.85. The number of fused-ring (bicyclic) bond motifs is 3. The molecule has 2 nitrogen and oxygen atoms in total. The molecule has 0 aliphatic rings. The molecule has 1 aromatic heterocycles. The number of rotatable bonds is 7. The average molecular weight is 987 g/mol. The summed E-state index contributed by atoms with van der Waals surface area (Å²) in [5, 5.41) is 10.1. The van der Waals surface area contributed by atoms with Crippen molar-refractivity contribution in [3.63, 3.8) is 0 Å². The van der Waals surface area contributed by atoms with Crippen molar-refractivity contribution in [3.05, 3.63) is 229 Å². The number of anilines is 3. The van der Waals surface area contributed by atoms with Gasteiger partial charge in [-0.05, 0) is 142 Å². The Kier molecular flexibility index (Phi) is 11.5. The first-order valence-electron chi connectivity index (χ1n) is 27.3. The number of para-hydroxylation sites is 2. The number of benzene rings is 11. The molecule has 11 aromatic carbocycles. The molecule has 12 aromatic rings. The first kappa shape index (κ1) is 49.0. The first-order valence-corrected chi connectivity index (χ1v) is 27.3. The van der Waals surface area contributed by atoms with Crippen LogP contribution in [0.5, 0.6) is 0 Å². The van der Waals surface area contributed by atoms with E-state index >= 15 is 0 Å². The summed E-state index contributed by atoms with van der Waals surface area (Å²) in [4.78, 5) is 2.55. The summed E-state index contributed by atoms with van der Waals surface area (Å²) in [6.07, 6.45) is 0. The summed E-state index contributed by atoms with van der Waals surface area (Å²) in [5.41, 5.74) is 19.6. The Hall–Kier alpha value is -7.94. The molecule has 0 aliphatic carbocycles. The quantitative estimate of drug-likeness (QED) is 0.145. The smallest absolute Gasteiger partial charge is 0.0541 e. The van der Waals surface area contributed by atoms with Crippen molar-refractivity contribution < 1.29 is 0 Å². The van der Waals surface area contributed by atoms with Gasteiger partial charge in [0.05, 0.1) is 33.8 Å². The molecule has 0 spiro atoms. The van der Waals surface area contributed by atoms with Gasteiger partial charge in [-0.15, -0.1) is 0 Å². The van der Waals surface area contributed by atoms with Crippen molar-refractivity contribution in [2.24, 2.45) is 0 Å². The van der Waals surface area contributed by atoms with Crippen molar-refractivity contribution in [2.45, 2.75) is 105 Å². The van der Waals surface area contributed by atoms with Gasteiger partial charge in [0, 0.05) is 32.7 Å². The van der Waals surface area contributed by atoms with Crippen LogP contribution in [0.25, 0.3) is 93.2 Å². The number of nitrogens with zero attached hydrogens (tertiary/aromatic N) is 2. The topological polar surface area (TPSA) is 8.17 Å².